The molecule has 0 saturated carbocycles. The maximum atomic E-state index is 10.3. The fourth-order valence-electron chi connectivity index (χ4n) is 1.46. The summed E-state index contributed by atoms with van der Waals surface area (Å²) in [5.41, 5.74) is 0. The van der Waals surface area contributed by atoms with Crippen LogP contribution in [0.4, 0.5) is 0 Å². The molecular weight excluding hydrogens is 406 g/mol. The van der Waals surface area contributed by atoms with E-state index in [9.17, 15) is 44.0 Å². The van der Waals surface area contributed by atoms with Gasteiger partial charge in [-0.1, -0.05) is 0 Å². The van der Waals surface area contributed by atoms with Crippen molar-refractivity contribution in [2.24, 2.45) is 0 Å². The first kappa shape index (κ1) is 26.8. The molecule has 1 aliphatic heterocycles. The van der Waals surface area contributed by atoms with Gasteiger partial charge in [0.25, 0.3) is 0 Å². The summed E-state index contributed by atoms with van der Waals surface area (Å²) in [5, 5.41) is 28.5. The largest absolute Gasteiger partial charge is 2.00 e. The van der Waals surface area contributed by atoms with Gasteiger partial charge >= 0.3 is 75.5 Å². The average molecular weight is 416 g/mol. The van der Waals surface area contributed by atoms with E-state index < -0.39 is 53.0 Å². The van der Waals surface area contributed by atoms with Crippen LogP contribution >= 0.6 is 15.6 Å². The van der Waals surface area contributed by atoms with Gasteiger partial charge in [-0.25, -0.2) is 0 Å². The molecule has 0 aromatic carbocycles. The zero-order valence-corrected chi connectivity index (χ0v) is 17.2. The maximum Gasteiger partial charge on any atom is 2.00 e. The summed E-state index contributed by atoms with van der Waals surface area (Å²) in [7, 11) is -10.9. The quantitative estimate of drug-likeness (QED) is 0.272. The van der Waals surface area contributed by atoms with E-state index in [1.807, 2.05) is 0 Å². The zero-order valence-electron chi connectivity index (χ0n) is 11.0. The Hall–Kier alpha value is 2.58. The van der Waals surface area contributed by atoms with Gasteiger partial charge in [0.1, 0.15) is 24.9 Å². The van der Waals surface area contributed by atoms with Gasteiger partial charge in [-0.3, -0.25) is 0 Å². The molecule has 0 aromatic rings. The van der Waals surface area contributed by atoms with Crippen LogP contribution in [0.2, 0.25) is 0 Å². The summed E-state index contributed by atoms with van der Waals surface area (Å²) in [6.45, 7) is -2.37. The molecule has 1 fully saturated rings. The zero-order chi connectivity index (χ0) is 15.8. The van der Waals surface area contributed by atoms with Crippen molar-refractivity contribution in [3.05, 3.63) is 0 Å². The Morgan fingerprint density at radius 1 is 1.05 bits per heavy atom. The minimum atomic E-state index is -5.48. The third kappa shape index (κ3) is 8.79. The van der Waals surface area contributed by atoms with E-state index in [4.69, 9.17) is 0 Å². The predicted molar refractivity (Wildman–Crippen MR) is 60.5 cm³/mol. The number of aliphatic hydroxyl groups is 3. The number of aliphatic hydroxyl groups excluding tert-OH is 2. The van der Waals surface area contributed by atoms with Crippen molar-refractivity contribution in [2.45, 2.75) is 24.1 Å². The molecule has 0 aromatic heterocycles. The first-order valence-corrected chi connectivity index (χ1v) is 7.86. The molecular formula is C6H10Ca2O12P2. The number of phosphoric ester groups is 2. The first-order chi connectivity index (χ1) is 8.84. The van der Waals surface area contributed by atoms with Gasteiger partial charge in [-0.15, -0.1) is 0 Å². The van der Waals surface area contributed by atoms with Crippen LogP contribution in [0.3, 0.4) is 0 Å². The Balaban J connectivity index is 0. The average Bonchev–Trinajstić information content (AvgIpc) is 2.48. The van der Waals surface area contributed by atoms with Gasteiger partial charge in [0.15, 0.2) is 0 Å². The molecule has 0 amide bonds. The molecule has 0 spiro atoms. The minimum absolute atomic E-state index is 0. The molecule has 4 atom stereocenters. The van der Waals surface area contributed by atoms with Gasteiger partial charge < -0.3 is 57.8 Å². The maximum absolute atomic E-state index is 10.3. The van der Waals surface area contributed by atoms with Crippen molar-refractivity contribution in [1.82, 2.24) is 0 Å². The second-order valence-electron chi connectivity index (χ2n) is 3.90. The Kier molecular flexibility index (Phi) is 12.2. The Labute approximate surface area is 184 Å². The topological polar surface area (TPSA) is 215 Å². The normalized spacial score (nSPS) is 32.2. The van der Waals surface area contributed by atoms with Crippen molar-refractivity contribution in [2.75, 3.05) is 13.2 Å². The third-order valence-electron chi connectivity index (χ3n) is 2.35. The van der Waals surface area contributed by atoms with E-state index in [2.05, 4.69) is 13.8 Å². The Morgan fingerprint density at radius 2 is 1.50 bits per heavy atom. The standard InChI is InChI=1S/C6H14O12P2.2Ca/c7-4-3(1-16-19(10,11)12)18-6(9,5(4)8)2-17-20(13,14)15;;/h3-5,7-9H,1-2H2,(H2,10,11,12)(H2,13,14,15);;/q;2*+2/p-4/t3-,4-,5+,6?;;/m1../s1. The van der Waals surface area contributed by atoms with Crippen LogP contribution in [0.5, 0.6) is 0 Å². The van der Waals surface area contributed by atoms with Crippen LogP contribution in [-0.4, -0.2) is 128 Å². The summed E-state index contributed by atoms with van der Waals surface area (Å²) in [6, 6.07) is 0. The van der Waals surface area contributed by atoms with Gasteiger partial charge in [-0.05, 0) is 0 Å². The number of hydrogen-bond donors (Lipinski definition) is 3. The second-order valence-corrected chi connectivity index (χ2v) is 6.21. The van der Waals surface area contributed by atoms with Crippen molar-refractivity contribution in [1.29, 1.82) is 0 Å². The summed E-state index contributed by atoms with van der Waals surface area (Å²) in [6.07, 6.45) is -5.69. The van der Waals surface area contributed by atoms with E-state index in [0.717, 1.165) is 0 Å². The van der Waals surface area contributed by atoms with Crippen molar-refractivity contribution in [3.63, 3.8) is 0 Å². The van der Waals surface area contributed by atoms with Crippen LogP contribution in [0.1, 0.15) is 0 Å². The number of rotatable bonds is 6. The number of ether oxygens (including phenoxy) is 1. The molecule has 1 unspecified atom stereocenters. The van der Waals surface area contributed by atoms with Crippen molar-refractivity contribution < 1.29 is 57.8 Å². The van der Waals surface area contributed by atoms with Crippen LogP contribution in [0, 0.1) is 0 Å². The Morgan fingerprint density at radius 3 is 1.91 bits per heavy atom. The molecule has 1 rings (SSSR count). The van der Waals surface area contributed by atoms with Crippen molar-refractivity contribution >= 4 is 91.1 Å². The van der Waals surface area contributed by atoms with E-state index in [1.54, 1.807) is 0 Å². The molecule has 0 aliphatic carbocycles. The van der Waals surface area contributed by atoms with Gasteiger partial charge in [0.2, 0.25) is 5.79 Å². The molecule has 3 N–H and O–H groups in total. The molecule has 0 radical (unpaired) electrons. The van der Waals surface area contributed by atoms with Crippen LogP contribution in [0.25, 0.3) is 0 Å². The van der Waals surface area contributed by atoms with Crippen LogP contribution in [-0.2, 0) is 22.9 Å². The monoisotopic (exact) mass is 416 g/mol. The molecule has 1 saturated heterocycles. The molecule has 1 aliphatic rings. The molecule has 1 heterocycles. The van der Waals surface area contributed by atoms with E-state index in [-0.39, 0.29) is 75.5 Å². The van der Waals surface area contributed by atoms with Gasteiger partial charge in [0.05, 0.1) is 22.3 Å². The molecule has 16 heteroatoms. The number of phosphoric acid groups is 2. The fourth-order valence-corrected chi connectivity index (χ4v) is 2.13. The molecule has 120 valence electrons. The van der Waals surface area contributed by atoms with Gasteiger partial charge in [-0.2, -0.15) is 0 Å². The van der Waals surface area contributed by atoms with Crippen LogP contribution < -0.4 is 19.6 Å². The summed E-state index contributed by atoms with van der Waals surface area (Å²) >= 11 is 0. The third-order valence-corrected chi connectivity index (χ3v) is 3.26. The summed E-state index contributed by atoms with van der Waals surface area (Å²) < 4.78 is 32.6. The van der Waals surface area contributed by atoms with E-state index >= 15 is 0 Å². The van der Waals surface area contributed by atoms with E-state index in [1.165, 1.54) is 0 Å². The smallest absolute Gasteiger partial charge is 0.790 e. The van der Waals surface area contributed by atoms with E-state index in [0.29, 0.717) is 0 Å². The van der Waals surface area contributed by atoms with Crippen molar-refractivity contribution in [3.8, 4) is 0 Å². The SMILES string of the molecule is O=P([O-])([O-])OC[C@H]1OC(O)(COP(=O)([O-])[O-])[C@@H](O)[C@@H]1O.[Ca+2].[Ca+2]. The summed E-state index contributed by atoms with van der Waals surface area (Å²) in [4.78, 5) is 41.0. The fraction of sp³-hybridized carbons (Fsp3) is 1.00. The van der Waals surface area contributed by atoms with Gasteiger partial charge in [0, 0.05) is 0 Å². The minimum Gasteiger partial charge on any atom is -0.790 e. The van der Waals surface area contributed by atoms with Crippen LogP contribution in [0.15, 0.2) is 0 Å². The molecule has 0 bridgehead atoms. The number of hydrogen-bond acceptors (Lipinski definition) is 12. The Bertz CT molecular complexity index is 437. The summed E-state index contributed by atoms with van der Waals surface area (Å²) in [5.74, 6) is -2.78. The first-order valence-electron chi connectivity index (χ1n) is 4.93. The molecule has 22 heavy (non-hydrogen) atoms. The predicted octanol–water partition coefficient (Wildman–Crippen LogP) is -6.28. The second kappa shape index (κ2) is 10.1. The molecule has 12 nitrogen and oxygen atoms in total.